The molecule has 0 unspecified atom stereocenters. The van der Waals surface area contributed by atoms with E-state index in [9.17, 15) is 9.59 Å². The Balaban J connectivity index is 1.79. The van der Waals surface area contributed by atoms with E-state index in [2.05, 4.69) is 10.6 Å². The fourth-order valence-electron chi connectivity index (χ4n) is 2.50. The lowest BCUT2D eigenvalue weighted by molar-refractivity contribution is -0.118. The summed E-state index contributed by atoms with van der Waals surface area (Å²) in [6.45, 7) is 0.197. The topological polar surface area (TPSA) is 80.6 Å². The van der Waals surface area contributed by atoms with Crippen molar-refractivity contribution in [3.8, 4) is 5.75 Å². The quantitative estimate of drug-likeness (QED) is 0.576. The first-order valence-corrected chi connectivity index (χ1v) is 9.16. The molecule has 3 rings (SSSR count). The van der Waals surface area contributed by atoms with Gasteiger partial charge in [0.15, 0.2) is 0 Å². The third-order valence-electron chi connectivity index (χ3n) is 4.03. The Bertz CT molecular complexity index is 994. The van der Waals surface area contributed by atoms with Gasteiger partial charge >= 0.3 is 0 Å². The molecule has 2 amide bonds. The first-order valence-electron chi connectivity index (χ1n) is 8.78. The largest absolute Gasteiger partial charge is 0.497 e. The number of hydrogen-bond donors (Lipinski definition) is 2. The van der Waals surface area contributed by atoms with Gasteiger partial charge < -0.3 is 19.8 Å². The summed E-state index contributed by atoms with van der Waals surface area (Å²) in [4.78, 5) is 25.3. The Labute approximate surface area is 173 Å². The Morgan fingerprint density at radius 1 is 1.07 bits per heavy atom. The molecule has 1 heterocycles. The summed E-state index contributed by atoms with van der Waals surface area (Å²) in [6.07, 6.45) is 3.10. The van der Waals surface area contributed by atoms with Crippen LogP contribution in [0.15, 0.2) is 77.0 Å². The normalized spacial score (nSPS) is 11.0. The smallest absolute Gasteiger partial charge is 0.268 e. The predicted octanol–water partition coefficient (Wildman–Crippen LogP) is 4.03. The van der Waals surface area contributed by atoms with Crippen LogP contribution in [0.25, 0.3) is 6.08 Å². The van der Waals surface area contributed by atoms with Crippen molar-refractivity contribution in [2.45, 2.75) is 6.54 Å². The maximum Gasteiger partial charge on any atom is 0.268 e. The summed E-state index contributed by atoms with van der Waals surface area (Å²) in [6, 6.07) is 17.0. The second-order valence-electron chi connectivity index (χ2n) is 6.05. The summed E-state index contributed by atoms with van der Waals surface area (Å²) in [5, 5.41) is 5.98. The molecular formula is C22H19ClN2O4. The number of furan rings is 1. The molecule has 0 aliphatic rings. The van der Waals surface area contributed by atoms with E-state index < -0.39 is 11.8 Å². The zero-order chi connectivity index (χ0) is 20.6. The number of rotatable bonds is 7. The highest BCUT2D eigenvalue weighted by molar-refractivity contribution is 6.30. The summed E-state index contributed by atoms with van der Waals surface area (Å²) >= 11 is 5.92. The molecule has 0 spiro atoms. The first kappa shape index (κ1) is 20.2. The van der Waals surface area contributed by atoms with Gasteiger partial charge in [-0.2, -0.15) is 0 Å². The van der Waals surface area contributed by atoms with E-state index in [-0.39, 0.29) is 12.2 Å². The molecule has 0 atom stereocenters. The highest BCUT2D eigenvalue weighted by Crippen LogP contribution is 2.14. The molecule has 0 aliphatic heterocycles. The van der Waals surface area contributed by atoms with Gasteiger partial charge in [-0.25, -0.2) is 0 Å². The van der Waals surface area contributed by atoms with Crippen LogP contribution in [-0.4, -0.2) is 18.9 Å². The van der Waals surface area contributed by atoms with Crippen LogP contribution in [0, 0.1) is 0 Å². The minimum Gasteiger partial charge on any atom is -0.497 e. The van der Waals surface area contributed by atoms with Crippen molar-refractivity contribution in [3.05, 3.63) is 94.5 Å². The van der Waals surface area contributed by atoms with Gasteiger partial charge in [-0.15, -0.1) is 0 Å². The summed E-state index contributed by atoms with van der Waals surface area (Å²) in [5.41, 5.74) is 1.21. The lowest BCUT2D eigenvalue weighted by atomic mass is 10.1. The van der Waals surface area contributed by atoms with Crippen LogP contribution >= 0.6 is 11.6 Å². The summed E-state index contributed by atoms with van der Waals surface area (Å²) in [7, 11) is 1.55. The predicted molar refractivity (Wildman–Crippen MR) is 110 cm³/mol. The Morgan fingerprint density at radius 3 is 2.41 bits per heavy atom. The third-order valence-corrected chi connectivity index (χ3v) is 4.28. The highest BCUT2D eigenvalue weighted by Gasteiger charge is 2.15. The van der Waals surface area contributed by atoms with E-state index in [1.807, 2.05) is 0 Å². The molecule has 2 aromatic carbocycles. The number of halogens is 1. The van der Waals surface area contributed by atoms with E-state index in [1.54, 1.807) is 73.8 Å². The number of amides is 2. The van der Waals surface area contributed by atoms with Crippen LogP contribution in [0.1, 0.15) is 21.7 Å². The molecule has 148 valence electrons. The Morgan fingerprint density at radius 2 is 1.79 bits per heavy atom. The maximum absolute atomic E-state index is 12.7. The van der Waals surface area contributed by atoms with Gasteiger partial charge in [-0.1, -0.05) is 23.7 Å². The van der Waals surface area contributed by atoms with Crippen LogP contribution in [0.5, 0.6) is 5.75 Å². The van der Waals surface area contributed by atoms with Gasteiger partial charge in [0.05, 0.1) is 19.9 Å². The van der Waals surface area contributed by atoms with Gasteiger partial charge in [0.2, 0.25) is 0 Å². The van der Waals surface area contributed by atoms with Gasteiger partial charge in [-0.05, 0) is 60.2 Å². The molecule has 1 aromatic heterocycles. The van der Waals surface area contributed by atoms with Crippen molar-refractivity contribution < 1.29 is 18.7 Å². The molecule has 7 heteroatoms. The van der Waals surface area contributed by atoms with Crippen LogP contribution in [-0.2, 0) is 11.3 Å². The molecule has 3 aromatic rings. The molecular weight excluding hydrogens is 392 g/mol. The van der Waals surface area contributed by atoms with Gasteiger partial charge in [0, 0.05) is 10.6 Å². The molecule has 0 saturated heterocycles. The molecule has 0 aliphatic carbocycles. The molecule has 0 saturated carbocycles. The molecule has 0 radical (unpaired) electrons. The maximum atomic E-state index is 12.7. The minimum atomic E-state index is -0.446. The average Bonchev–Trinajstić information content (AvgIpc) is 3.26. The number of benzene rings is 2. The number of nitrogens with one attached hydrogen (secondary N) is 2. The monoisotopic (exact) mass is 410 g/mol. The number of hydrogen-bond acceptors (Lipinski definition) is 4. The van der Waals surface area contributed by atoms with Gasteiger partial charge in [-0.3, -0.25) is 9.59 Å². The molecule has 0 fully saturated rings. The second kappa shape index (κ2) is 9.61. The second-order valence-corrected chi connectivity index (χ2v) is 6.49. The lowest BCUT2D eigenvalue weighted by Crippen LogP contribution is -2.34. The van der Waals surface area contributed by atoms with Crippen molar-refractivity contribution in [3.63, 3.8) is 0 Å². The lowest BCUT2D eigenvalue weighted by Gasteiger charge is -2.11. The van der Waals surface area contributed by atoms with Crippen molar-refractivity contribution in [2.75, 3.05) is 7.11 Å². The van der Waals surface area contributed by atoms with E-state index in [1.165, 1.54) is 6.26 Å². The van der Waals surface area contributed by atoms with Crippen molar-refractivity contribution in [2.24, 2.45) is 0 Å². The SMILES string of the molecule is COc1ccc(C(=O)N/C(=C\c2ccc(Cl)cc2)C(=O)NCc2ccco2)cc1. The number of carbonyl (C=O) groups is 2. The number of methoxy groups -OCH3 is 1. The van der Waals surface area contributed by atoms with E-state index in [0.717, 1.165) is 0 Å². The van der Waals surface area contributed by atoms with E-state index in [4.69, 9.17) is 20.8 Å². The number of ether oxygens (including phenoxy) is 1. The van der Waals surface area contributed by atoms with Crippen molar-refractivity contribution >= 4 is 29.5 Å². The van der Waals surface area contributed by atoms with Crippen molar-refractivity contribution in [1.29, 1.82) is 0 Å². The molecule has 6 nitrogen and oxygen atoms in total. The summed E-state index contributed by atoms with van der Waals surface area (Å²) in [5.74, 6) is 0.375. The zero-order valence-corrected chi connectivity index (χ0v) is 16.4. The molecule has 29 heavy (non-hydrogen) atoms. The van der Waals surface area contributed by atoms with E-state index in [0.29, 0.717) is 27.7 Å². The van der Waals surface area contributed by atoms with Crippen LogP contribution < -0.4 is 15.4 Å². The van der Waals surface area contributed by atoms with Crippen LogP contribution in [0.3, 0.4) is 0 Å². The summed E-state index contributed by atoms with van der Waals surface area (Å²) < 4.78 is 10.3. The first-order chi connectivity index (χ1) is 14.0. The standard InChI is InChI=1S/C22H19ClN2O4/c1-28-18-10-6-16(7-11-18)21(26)25-20(13-15-4-8-17(23)9-5-15)22(27)24-14-19-3-2-12-29-19/h2-13H,14H2,1H3,(H,24,27)(H,25,26)/b20-13-. The number of carbonyl (C=O) groups excluding carboxylic acids is 2. The minimum absolute atomic E-state index is 0.0969. The zero-order valence-electron chi connectivity index (χ0n) is 15.6. The van der Waals surface area contributed by atoms with Crippen LogP contribution in [0.4, 0.5) is 0 Å². The fraction of sp³-hybridized carbons (Fsp3) is 0.0909. The van der Waals surface area contributed by atoms with Crippen molar-refractivity contribution in [1.82, 2.24) is 10.6 Å². The van der Waals surface area contributed by atoms with Gasteiger partial charge in [0.1, 0.15) is 17.2 Å². The average molecular weight is 411 g/mol. The Kier molecular flexibility index (Phi) is 6.71. The fourth-order valence-corrected chi connectivity index (χ4v) is 2.62. The van der Waals surface area contributed by atoms with Gasteiger partial charge in [0.25, 0.3) is 11.8 Å². The highest BCUT2D eigenvalue weighted by atomic mass is 35.5. The molecule has 0 bridgehead atoms. The van der Waals surface area contributed by atoms with E-state index >= 15 is 0 Å². The Hall–Kier alpha value is -3.51. The van der Waals surface area contributed by atoms with Crippen LogP contribution in [0.2, 0.25) is 5.02 Å². The third kappa shape index (κ3) is 5.73. The molecule has 2 N–H and O–H groups in total.